The summed E-state index contributed by atoms with van der Waals surface area (Å²) in [6.45, 7) is 4.29. The molecule has 0 N–H and O–H groups in total. The molecule has 0 aliphatic heterocycles. The van der Waals surface area contributed by atoms with Crippen LogP contribution in [0.2, 0.25) is 0 Å². The van der Waals surface area contributed by atoms with Crippen LogP contribution in [0.15, 0.2) is 23.5 Å². The number of methoxy groups -OCH3 is 1. The average Bonchev–Trinajstić information content (AvgIpc) is 2.39. The fourth-order valence-corrected chi connectivity index (χ4v) is 2.40. The van der Waals surface area contributed by atoms with E-state index in [0.717, 1.165) is 22.6 Å². The average molecular weight is 371 g/mol. The van der Waals surface area contributed by atoms with Gasteiger partial charge in [-0.05, 0) is 36.4 Å². The van der Waals surface area contributed by atoms with Crippen LogP contribution in [0.5, 0.6) is 5.75 Å². The van der Waals surface area contributed by atoms with Crippen molar-refractivity contribution in [3.63, 3.8) is 0 Å². The van der Waals surface area contributed by atoms with Crippen LogP contribution in [0, 0.1) is 17.4 Å². The smallest absolute Gasteiger partial charge is 0.267 e. The monoisotopic (exact) mass is 371 g/mol. The molecule has 0 fully saturated rings. The highest BCUT2D eigenvalue weighted by Crippen LogP contribution is 2.24. The van der Waals surface area contributed by atoms with Crippen LogP contribution in [-0.2, 0) is 6.54 Å². The molecule has 19 heavy (non-hydrogen) atoms. The molecular weight excluding hydrogens is 357 g/mol. The van der Waals surface area contributed by atoms with E-state index in [1.165, 1.54) is 6.33 Å². The van der Waals surface area contributed by atoms with Gasteiger partial charge in [-0.2, -0.15) is 0 Å². The van der Waals surface area contributed by atoms with Crippen LogP contribution in [0.3, 0.4) is 0 Å². The van der Waals surface area contributed by atoms with Crippen molar-refractivity contribution in [2.75, 3.05) is 7.11 Å². The molecule has 0 aromatic carbocycles. The number of rotatable bonds is 3. The molecule has 2 heterocycles. The predicted octanol–water partition coefficient (Wildman–Crippen LogP) is 1.92. The zero-order valence-corrected chi connectivity index (χ0v) is 13.1. The first kappa shape index (κ1) is 14.0. The Morgan fingerprint density at radius 2 is 2.11 bits per heavy atom. The fourth-order valence-electron chi connectivity index (χ4n) is 1.93. The molecule has 0 spiro atoms. The molecule has 0 bridgehead atoms. The summed E-state index contributed by atoms with van der Waals surface area (Å²) in [5, 5.41) is 0. The molecule has 0 aliphatic rings. The Kier molecular flexibility index (Phi) is 4.18. The van der Waals surface area contributed by atoms with Gasteiger partial charge in [0.1, 0.15) is 5.75 Å². The van der Waals surface area contributed by atoms with Crippen LogP contribution < -0.4 is 10.3 Å². The zero-order chi connectivity index (χ0) is 14.0. The molecule has 0 radical (unpaired) electrons. The minimum Gasteiger partial charge on any atom is -0.496 e. The van der Waals surface area contributed by atoms with E-state index >= 15 is 0 Å². The Hall–Kier alpha value is -1.44. The molecule has 0 amide bonds. The molecule has 2 aromatic heterocycles. The molecule has 0 unspecified atom stereocenters. The lowest BCUT2D eigenvalue weighted by molar-refractivity contribution is 0.406. The van der Waals surface area contributed by atoms with Gasteiger partial charge in [0, 0.05) is 23.5 Å². The molecule has 2 rings (SSSR count). The second-order valence-corrected chi connectivity index (χ2v) is 5.38. The largest absolute Gasteiger partial charge is 0.496 e. The van der Waals surface area contributed by atoms with Gasteiger partial charge in [0.05, 0.1) is 29.2 Å². The van der Waals surface area contributed by atoms with Crippen LogP contribution in [0.1, 0.15) is 16.8 Å². The van der Waals surface area contributed by atoms with Crippen molar-refractivity contribution in [2.24, 2.45) is 0 Å². The molecule has 0 saturated carbocycles. The maximum absolute atomic E-state index is 12.0. The summed E-state index contributed by atoms with van der Waals surface area (Å²) < 4.78 is 7.51. The lowest BCUT2D eigenvalue weighted by Gasteiger charge is -2.13. The zero-order valence-electron chi connectivity index (χ0n) is 11.0. The topological polar surface area (TPSA) is 57.0 Å². The van der Waals surface area contributed by atoms with Gasteiger partial charge in [-0.15, -0.1) is 0 Å². The highest BCUT2D eigenvalue weighted by molar-refractivity contribution is 14.1. The maximum Gasteiger partial charge on any atom is 0.267 e. The van der Waals surface area contributed by atoms with Gasteiger partial charge < -0.3 is 4.74 Å². The molecule has 0 aliphatic carbocycles. The lowest BCUT2D eigenvalue weighted by atomic mass is 10.1. The quantitative estimate of drug-likeness (QED) is 0.774. The van der Waals surface area contributed by atoms with E-state index in [2.05, 4.69) is 9.97 Å². The highest BCUT2D eigenvalue weighted by atomic mass is 127. The number of hydrogen-bond acceptors (Lipinski definition) is 4. The third-order valence-corrected chi connectivity index (χ3v) is 3.67. The predicted molar refractivity (Wildman–Crippen MR) is 80.6 cm³/mol. The molecule has 0 saturated heterocycles. The van der Waals surface area contributed by atoms with Gasteiger partial charge in [0.15, 0.2) is 0 Å². The van der Waals surface area contributed by atoms with Crippen LogP contribution in [0.4, 0.5) is 0 Å². The van der Waals surface area contributed by atoms with E-state index in [1.54, 1.807) is 24.1 Å². The number of aromatic nitrogens is 3. The van der Waals surface area contributed by atoms with Crippen molar-refractivity contribution >= 4 is 22.6 Å². The molecule has 100 valence electrons. The van der Waals surface area contributed by atoms with Gasteiger partial charge in [0.2, 0.25) is 0 Å². The minimum absolute atomic E-state index is 0.0589. The van der Waals surface area contributed by atoms with E-state index in [-0.39, 0.29) is 5.56 Å². The first-order valence-electron chi connectivity index (χ1n) is 5.73. The van der Waals surface area contributed by atoms with Crippen molar-refractivity contribution in [2.45, 2.75) is 20.4 Å². The Morgan fingerprint density at radius 1 is 1.37 bits per heavy atom. The van der Waals surface area contributed by atoms with E-state index in [4.69, 9.17) is 4.74 Å². The molecule has 2 aromatic rings. The first-order chi connectivity index (χ1) is 9.04. The summed E-state index contributed by atoms with van der Waals surface area (Å²) in [5.41, 5.74) is 2.69. The number of aryl methyl sites for hydroxylation is 1. The number of pyridine rings is 1. The summed E-state index contributed by atoms with van der Waals surface area (Å²) in [4.78, 5) is 20.4. The Labute approximate surface area is 124 Å². The van der Waals surface area contributed by atoms with E-state index < -0.39 is 0 Å². The van der Waals surface area contributed by atoms with E-state index in [0.29, 0.717) is 10.1 Å². The molecule has 0 atom stereocenters. The van der Waals surface area contributed by atoms with Crippen molar-refractivity contribution in [1.82, 2.24) is 14.5 Å². The van der Waals surface area contributed by atoms with Gasteiger partial charge >= 0.3 is 0 Å². The minimum atomic E-state index is -0.0589. The van der Waals surface area contributed by atoms with Gasteiger partial charge in [-0.3, -0.25) is 14.3 Å². The standard InChI is InChI=1S/C13H14IN3O2/c1-8-4-16-11(9(2)12(8)19-3)6-17-7-15-5-10(14)13(17)18/h4-5,7H,6H2,1-3H3. The Bertz CT molecular complexity index is 667. The van der Waals surface area contributed by atoms with Gasteiger partial charge in [-0.25, -0.2) is 4.98 Å². The second-order valence-electron chi connectivity index (χ2n) is 4.22. The SMILES string of the molecule is COc1c(C)cnc(Cn2cncc(I)c2=O)c1C. The van der Waals surface area contributed by atoms with E-state index in [1.807, 2.05) is 36.4 Å². The first-order valence-corrected chi connectivity index (χ1v) is 6.81. The van der Waals surface area contributed by atoms with Crippen molar-refractivity contribution in [3.8, 4) is 5.75 Å². The summed E-state index contributed by atoms with van der Waals surface area (Å²) in [6, 6.07) is 0. The summed E-state index contributed by atoms with van der Waals surface area (Å²) >= 11 is 1.98. The fraction of sp³-hybridized carbons (Fsp3) is 0.308. The number of nitrogens with zero attached hydrogens (tertiary/aromatic N) is 3. The number of ether oxygens (including phenoxy) is 1. The normalized spacial score (nSPS) is 10.5. The third kappa shape index (κ3) is 2.78. The maximum atomic E-state index is 12.0. The van der Waals surface area contributed by atoms with Crippen molar-refractivity contribution in [3.05, 3.63) is 49.5 Å². The Morgan fingerprint density at radius 3 is 2.79 bits per heavy atom. The summed E-state index contributed by atoms with van der Waals surface area (Å²) in [5.74, 6) is 0.816. The summed E-state index contributed by atoms with van der Waals surface area (Å²) in [7, 11) is 1.64. The lowest BCUT2D eigenvalue weighted by Crippen LogP contribution is -2.23. The van der Waals surface area contributed by atoms with Crippen LogP contribution >= 0.6 is 22.6 Å². The van der Waals surface area contributed by atoms with Crippen LogP contribution in [-0.4, -0.2) is 21.6 Å². The van der Waals surface area contributed by atoms with Crippen molar-refractivity contribution < 1.29 is 4.74 Å². The second kappa shape index (κ2) is 5.68. The summed E-state index contributed by atoms with van der Waals surface area (Å²) in [6.07, 6.45) is 4.83. The molecule has 6 heteroatoms. The van der Waals surface area contributed by atoms with Gasteiger partial charge in [-0.1, -0.05) is 0 Å². The number of hydrogen-bond donors (Lipinski definition) is 0. The molecular formula is C13H14IN3O2. The Balaban J connectivity index is 2.45. The van der Waals surface area contributed by atoms with Gasteiger partial charge in [0.25, 0.3) is 5.56 Å². The highest BCUT2D eigenvalue weighted by Gasteiger charge is 2.11. The molecule has 5 nitrogen and oxygen atoms in total. The number of halogens is 1. The third-order valence-electron chi connectivity index (χ3n) is 2.93. The van der Waals surface area contributed by atoms with E-state index in [9.17, 15) is 4.79 Å². The van der Waals surface area contributed by atoms with Crippen LogP contribution in [0.25, 0.3) is 0 Å². The van der Waals surface area contributed by atoms with Crippen molar-refractivity contribution in [1.29, 1.82) is 0 Å².